The lowest BCUT2D eigenvalue weighted by Gasteiger charge is -2.40. The fraction of sp³-hybridized carbons (Fsp3) is 0.857. The Balaban J connectivity index is 1.91. The molecule has 5 nitrogen and oxygen atoms in total. The van der Waals surface area contributed by atoms with E-state index in [0.717, 1.165) is 32.4 Å². The highest BCUT2D eigenvalue weighted by molar-refractivity contribution is 5.76. The molecule has 0 aromatic rings. The number of nitrogens with zero attached hydrogens (tertiary/aromatic N) is 2. The number of amides is 2. The van der Waals surface area contributed by atoms with Crippen molar-refractivity contribution >= 4 is 12.0 Å². The van der Waals surface area contributed by atoms with Crippen LogP contribution in [0.5, 0.6) is 0 Å². The zero-order valence-corrected chi connectivity index (χ0v) is 11.9. The third-order valence-electron chi connectivity index (χ3n) is 4.43. The standard InChI is InChI=1S/C14H24N2O3/c1-14(2)5-8-15(9-6-14)13(19)16-7-3-4-11(10-16)12(17)18/h11H,3-10H2,1-2H3,(H,17,18)/t11-/m1/s1. The minimum Gasteiger partial charge on any atom is -0.481 e. The summed E-state index contributed by atoms with van der Waals surface area (Å²) in [7, 11) is 0. The minimum absolute atomic E-state index is 0.0291. The smallest absolute Gasteiger partial charge is 0.320 e. The first-order chi connectivity index (χ1) is 8.89. The van der Waals surface area contributed by atoms with Crippen LogP contribution in [-0.4, -0.2) is 53.1 Å². The van der Waals surface area contributed by atoms with Gasteiger partial charge in [0, 0.05) is 26.2 Å². The SMILES string of the molecule is CC1(C)CCN(C(=O)N2CCC[C@@H](C(=O)O)C2)CC1. The van der Waals surface area contributed by atoms with Gasteiger partial charge in [0.05, 0.1) is 5.92 Å². The summed E-state index contributed by atoms with van der Waals surface area (Å²) in [4.78, 5) is 27.0. The Morgan fingerprint density at radius 2 is 1.74 bits per heavy atom. The third kappa shape index (κ3) is 3.39. The van der Waals surface area contributed by atoms with Crippen LogP contribution < -0.4 is 0 Å². The van der Waals surface area contributed by atoms with Crippen LogP contribution in [0.3, 0.4) is 0 Å². The predicted octanol–water partition coefficient (Wildman–Crippen LogP) is 2.03. The van der Waals surface area contributed by atoms with Crippen molar-refractivity contribution in [3.8, 4) is 0 Å². The molecule has 2 fully saturated rings. The van der Waals surface area contributed by atoms with E-state index >= 15 is 0 Å². The van der Waals surface area contributed by atoms with Crippen LogP contribution in [0.2, 0.25) is 0 Å². The molecule has 108 valence electrons. The molecule has 0 bridgehead atoms. The van der Waals surface area contributed by atoms with Crippen LogP contribution in [0.1, 0.15) is 39.5 Å². The van der Waals surface area contributed by atoms with E-state index in [0.29, 0.717) is 24.9 Å². The highest BCUT2D eigenvalue weighted by Crippen LogP contribution is 2.30. The first-order valence-corrected chi connectivity index (χ1v) is 7.16. The van der Waals surface area contributed by atoms with E-state index in [1.807, 2.05) is 4.90 Å². The quantitative estimate of drug-likeness (QED) is 0.791. The van der Waals surface area contributed by atoms with Gasteiger partial charge >= 0.3 is 12.0 Å². The van der Waals surface area contributed by atoms with Crippen molar-refractivity contribution in [2.24, 2.45) is 11.3 Å². The van der Waals surface area contributed by atoms with E-state index in [1.54, 1.807) is 4.90 Å². The number of carboxylic acids is 1. The molecule has 2 saturated heterocycles. The molecule has 0 aromatic carbocycles. The normalized spacial score (nSPS) is 27.2. The van der Waals surface area contributed by atoms with E-state index in [2.05, 4.69) is 13.8 Å². The van der Waals surface area contributed by atoms with Gasteiger partial charge in [-0.25, -0.2) is 4.79 Å². The van der Waals surface area contributed by atoms with Crippen molar-refractivity contribution in [1.82, 2.24) is 9.80 Å². The maximum absolute atomic E-state index is 12.4. The second-order valence-electron chi connectivity index (χ2n) is 6.56. The Morgan fingerprint density at radius 1 is 1.11 bits per heavy atom. The average Bonchev–Trinajstić information content (AvgIpc) is 2.38. The van der Waals surface area contributed by atoms with Gasteiger partial charge in [-0.1, -0.05) is 13.8 Å². The number of carboxylic acid groups (broad SMARTS) is 1. The molecule has 5 heteroatoms. The summed E-state index contributed by atoms with van der Waals surface area (Å²) in [5.41, 5.74) is 0.322. The number of piperidine rings is 2. The molecule has 2 rings (SSSR count). The number of urea groups is 1. The Bertz CT molecular complexity index is 358. The summed E-state index contributed by atoms with van der Waals surface area (Å²) in [6, 6.07) is 0.0291. The van der Waals surface area contributed by atoms with Gasteiger partial charge in [-0.3, -0.25) is 4.79 Å². The Kier molecular flexibility index (Phi) is 4.02. The molecule has 0 aliphatic carbocycles. The fourth-order valence-electron chi connectivity index (χ4n) is 2.86. The molecule has 2 heterocycles. The summed E-state index contributed by atoms with van der Waals surface area (Å²) in [6.45, 7) is 7.11. The Morgan fingerprint density at radius 3 is 2.32 bits per heavy atom. The second kappa shape index (κ2) is 5.39. The number of hydrogen-bond acceptors (Lipinski definition) is 2. The number of aliphatic carboxylic acids is 1. The largest absolute Gasteiger partial charge is 0.481 e. The Labute approximate surface area is 114 Å². The number of carbonyl (C=O) groups is 2. The maximum atomic E-state index is 12.4. The lowest BCUT2D eigenvalue weighted by molar-refractivity contribution is -0.143. The van der Waals surface area contributed by atoms with Gasteiger partial charge in [0.2, 0.25) is 0 Å². The molecule has 0 unspecified atom stereocenters. The minimum atomic E-state index is -0.780. The van der Waals surface area contributed by atoms with Crippen molar-refractivity contribution < 1.29 is 14.7 Å². The average molecular weight is 268 g/mol. The molecule has 0 spiro atoms. The first-order valence-electron chi connectivity index (χ1n) is 7.16. The molecular weight excluding hydrogens is 244 g/mol. The zero-order chi connectivity index (χ0) is 14.0. The first kappa shape index (κ1) is 14.2. The Hall–Kier alpha value is -1.26. The van der Waals surface area contributed by atoms with Crippen molar-refractivity contribution in [3.05, 3.63) is 0 Å². The molecule has 1 N–H and O–H groups in total. The van der Waals surface area contributed by atoms with Gasteiger partial charge in [-0.2, -0.15) is 0 Å². The van der Waals surface area contributed by atoms with Gasteiger partial charge in [-0.05, 0) is 31.1 Å². The van der Waals surface area contributed by atoms with Crippen LogP contribution >= 0.6 is 0 Å². The van der Waals surface area contributed by atoms with E-state index in [1.165, 1.54) is 0 Å². The monoisotopic (exact) mass is 268 g/mol. The molecule has 2 amide bonds. The van der Waals surface area contributed by atoms with Gasteiger partial charge in [-0.15, -0.1) is 0 Å². The fourth-order valence-corrected chi connectivity index (χ4v) is 2.86. The van der Waals surface area contributed by atoms with Crippen LogP contribution in [0.25, 0.3) is 0 Å². The van der Waals surface area contributed by atoms with Gasteiger partial charge in [0.1, 0.15) is 0 Å². The summed E-state index contributed by atoms with van der Waals surface area (Å²) < 4.78 is 0. The van der Waals surface area contributed by atoms with Crippen molar-refractivity contribution in [1.29, 1.82) is 0 Å². The van der Waals surface area contributed by atoms with Gasteiger partial charge < -0.3 is 14.9 Å². The molecule has 19 heavy (non-hydrogen) atoms. The van der Waals surface area contributed by atoms with Crippen LogP contribution in [0.15, 0.2) is 0 Å². The topological polar surface area (TPSA) is 60.9 Å². The molecule has 1 atom stereocenters. The summed E-state index contributed by atoms with van der Waals surface area (Å²) in [6.07, 6.45) is 3.53. The number of carbonyl (C=O) groups excluding carboxylic acids is 1. The lowest BCUT2D eigenvalue weighted by Crippen LogP contribution is -2.51. The van der Waals surface area contributed by atoms with E-state index < -0.39 is 5.97 Å². The maximum Gasteiger partial charge on any atom is 0.320 e. The highest BCUT2D eigenvalue weighted by Gasteiger charge is 2.33. The van der Waals surface area contributed by atoms with Crippen LogP contribution in [0.4, 0.5) is 4.79 Å². The molecule has 2 aliphatic heterocycles. The van der Waals surface area contributed by atoms with E-state index in [9.17, 15) is 9.59 Å². The predicted molar refractivity (Wildman–Crippen MR) is 71.9 cm³/mol. The molecule has 0 radical (unpaired) electrons. The third-order valence-corrected chi connectivity index (χ3v) is 4.43. The molecule has 2 aliphatic rings. The summed E-state index contributed by atoms with van der Waals surface area (Å²) >= 11 is 0. The van der Waals surface area contributed by atoms with Gasteiger partial charge in [0.15, 0.2) is 0 Å². The number of likely N-dealkylation sites (tertiary alicyclic amines) is 2. The van der Waals surface area contributed by atoms with Crippen molar-refractivity contribution in [2.45, 2.75) is 39.5 Å². The number of rotatable bonds is 1. The van der Waals surface area contributed by atoms with E-state index in [4.69, 9.17) is 5.11 Å². The number of hydrogen-bond donors (Lipinski definition) is 1. The summed E-state index contributed by atoms with van der Waals surface area (Å²) in [5.74, 6) is -1.17. The van der Waals surface area contributed by atoms with Crippen molar-refractivity contribution in [3.63, 3.8) is 0 Å². The highest BCUT2D eigenvalue weighted by atomic mass is 16.4. The lowest BCUT2D eigenvalue weighted by atomic mass is 9.83. The molecular formula is C14H24N2O3. The van der Waals surface area contributed by atoms with E-state index in [-0.39, 0.29) is 11.9 Å². The molecule has 0 aromatic heterocycles. The van der Waals surface area contributed by atoms with Crippen molar-refractivity contribution in [2.75, 3.05) is 26.2 Å². The zero-order valence-electron chi connectivity index (χ0n) is 11.9. The van der Waals surface area contributed by atoms with Crippen LogP contribution in [0, 0.1) is 11.3 Å². The summed E-state index contributed by atoms with van der Waals surface area (Å²) in [5, 5.41) is 9.07. The molecule has 0 saturated carbocycles. The second-order valence-corrected chi connectivity index (χ2v) is 6.56. The van der Waals surface area contributed by atoms with Crippen LogP contribution in [-0.2, 0) is 4.79 Å². The van der Waals surface area contributed by atoms with Gasteiger partial charge in [0.25, 0.3) is 0 Å².